The number of hydrogen-bond acceptors (Lipinski definition) is 4. The number of carbonyl (C=O) groups excluding carboxylic acids is 1. The van der Waals surface area contributed by atoms with Crippen molar-refractivity contribution in [1.29, 1.82) is 0 Å². The molecule has 5 nitrogen and oxygen atoms in total. The fraction of sp³-hybridized carbons (Fsp3) is 0.389. The third-order valence-corrected chi connectivity index (χ3v) is 5.44. The average Bonchev–Trinajstić information content (AvgIpc) is 3.02. The number of rotatable bonds is 4. The summed E-state index contributed by atoms with van der Waals surface area (Å²) in [6.45, 7) is 3.50. The van der Waals surface area contributed by atoms with Crippen molar-refractivity contribution in [2.75, 3.05) is 13.1 Å². The van der Waals surface area contributed by atoms with Crippen LogP contribution >= 0.6 is 11.3 Å². The van der Waals surface area contributed by atoms with E-state index in [2.05, 4.69) is 10.4 Å². The monoisotopic (exact) mass is 344 g/mol. The highest BCUT2D eigenvalue weighted by atomic mass is 32.1. The highest BCUT2D eigenvalue weighted by Gasteiger charge is 2.26. The molecule has 0 unspecified atom stereocenters. The molecule has 1 aromatic heterocycles. The van der Waals surface area contributed by atoms with Gasteiger partial charge in [0.2, 0.25) is 5.91 Å². The van der Waals surface area contributed by atoms with Crippen LogP contribution in [0.2, 0.25) is 0 Å². The molecule has 1 amide bonds. The molecule has 2 aromatic rings. The van der Waals surface area contributed by atoms with E-state index in [9.17, 15) is 9.59 Å². The molecule has 0 bridgehead atoms. The second-order valence-corrected chi connectivity index (χ2v) is 7.07. The summed E-state index contributed by atoms with van der Waals surface area (Å²) >= 11 is 1.67. The number of carboxylic acid groups (broad SMARTS) is 1. The van der Waals surface area contributed by atoms with Crippen LogP contribution in [0.4, 0.5) is 0 Å². The van der Waals surface area contributed by atoms with Crippen LogP contribution in [0.3, 0.4) is 0 Å². The van der Waals surface area contributed by atoms with Crippen molar-refractivity contribution in [3.05, 3.63) is 51.5 Å². The Hall–Kier alpha value is -2.21. The number of likely N-dealkylation sites (tertiary alicyclic amines) is 1. The lowest BCUT2D eigenvalue weighted by Gasteiger charge is -2.32. The number of aromatic carboxylic acids is 1. The fourth-order valence-corrected chi connectivity index (χ4v) is 3.94. The van der Waals surface area contributed by atoms with Gasteiger partial charge in [-0.25, -0.2) is 9.78 Å². The average molecular weight is 344 g/mol. The number of carboxylic acids is 1. The van der Waals surface area contributed by atoms with Crippen LogP contribution in [0, 0.1) is 6.92 Å². The highest BCUT2D eigenvalue weighted by Crippen LogP contribution is 2.29. The summed E-state index contributed by atoms with van der Waals surface area (Å²) in [4.78, 5) is 29.9. The zero-order valence-corrected chi connectivity index (χ0v) is 14.4. The highest BCUT2D eigenvalue weighted by molar-refractivity contribution is 7.09. The first-order valence-electron chi connectivity index (χ1n) is 8.05. The Morgan fingerprint density at radius 3 is 2.71 bits per heavy atom. The van der Waals surface area contributed by atoms with Crippen molar-refractivity contribution >= 4 is 23.2 Å². The molecule has 1 saturated heterocycles. The maximum Gasteiger partial charge on any atom is 0.335 e. The van der Waals surface area contributed by atoms with Gasteiger partial charge in [-0.15, -0.1) is 11.3 Å². The van der Waals surface area contributed by atoms with Gasteiger partial charge in [-0.05, 0) is 37.5 Å². The van der Waals surface area contributed by atoms with Gasteiger partial charge < -0.3 is 10.0 Å². The first kappa shape index (κ1) is 16.6. The number of aryl methyl sites for hydroxylation is 1. The summed E-state index contributed by atoms with van der Waals surface area (Å²) in [5, 5.41) is 12.1. The van der Waals surface area contributed by atoms with Crippen molar-refractivity contribution < 1.29 is 14.7 Å². The van der Waals surface area contributed by atoms with Crippen LogP contribution in [-0.2, 0) is 11.2 Å². The standard InChI is InChI=1S/C18H20N2O3S/c1-12-11-24-17(19-12)15-3-2-8-20(10-15)16(21)9-13-4-6-14(7-5-13)18(22)23/h4-7,11,15H,2-3,8-10H2,1H3,(H,22,23)/t15-/m1/s1. The van der Waals surface area contributed by atoms with Gasteiger partial charge in [0.25, 0.3) is 0 Å². The Morgan fingerprint density at radius 2 is 2.08 bits per heavy atom. The van der Waals surface area contributed by atoms with Crippen LogP contribution < -0.4 is 0 Å². The van der Waals surface area contributed by atoms with Crippen LogP contribution in [0.25, 0.3) is 0 Å². The van der Waals surface area contributed by atoms with E-state index in [1.165, 1.54) is 0 Å². The molecule has 1 atom stereocenters. The van der Waals surface area contributed by atoms with Crippen molar-refractivity contribution in [3.8, 4) is 0 Å². The summed E-state index contributed by atoms with van der Waals surface area (Å²) in [6.07, 6.45) is 2.38. The maximum atomic E-state index is 12.6. The number of nitrogens with zero attached hydrogens (tertiary/aromatic N) is 2. The topological polar surface area (TPSA) is 70.5 Å². The van der Waals surface area contributed by atoms with Crippen molar-refractivity contribution in [2.24, 2.45) is 0 Å². The minimum absolute atomic E-state index is 0.0936. The molecule has 0 radical (unpaired) electrons. The fourth-order valence-electron chi connectivity index (χ4n) is 3.02. The number of piperidine rings is 1. The largest absolute Gasteiger partial charge is 0.478 e. The third-order valence-electron chi connectivity index (χ3n) is 4.32. The summed E-state index contributed by atoms with van der Waals surface area (Å²) in [7, 11) is 0. The lowest BCUT2D eigenvalue weighted by molar-refractivity contribution is -0.131. The zero-order chi connectivity index (χ0) is 17.1. The van der Waals surface area contributed by atoms with Gasteiger partial charge in [0.05, 0.1) is 17.0 Å². The van der Waals surface area contributed by atoms with Gasteiger partial charge in [0.15, 0.2) is 0 Å². The summed E-state index contributed by atoms with van der Waals surface area (Å²) < 4.78 is 0. The molecular formula is C18H20N2O3S. The second kappa shape index (κ2) is 7.13. The van der Waals surface area contributed by atoms with Crippen molar-refractivity contribution in [1.82, 2.24) is 9.88 Å². The van der Waals surface area contributed by atoms with E-state index in [1.54, 1.807) is 35.6 Å². The number of amides is 1. The van der Waals surface area contributed by atoms with Gasteiger partial charge in [-0.1, -0.05) is 12.1 Å². The van der Waals surface area contributed by atoms with E-state index in [1.807, 2.05) is 11.8 Å². The first-order chi connectivity index (χ1) is 11.5. The number of carbonyl (C=O) groups is 2. The van der Waals surface area contributed by atoms with Crippen molar-refractivity contribution in [3.63, 3.8) is 0 Å². The summed E-state index contributed by atoms with van der Waals surface area (Å²) in [5.41, 5.74) is 2.12. The number of hydrogen-bond donors (Lipinski definition) is 1. The van der Waals surface area contributed by atoms with Gasteiger partial charge in [0.1, 0.15) is 0 Å². The third kappa shape index (κ3) is 3.82. The van der Waals surface area contributed by atoms with Gasteiger partial charge in [0, 0.05) is 30.1 Å². The molecule has 126 valence electrons. The first-order valence-corrected chi connectivity index (χ1v) is 8.93. The minimum atomic E-state index is -0.953. The number of benzene rings is 1. The van der Waals surface area contributed by atoms with E-state index in [4.69, 9.17) is 5.11 Å². The molecule has 2 heterocycles. The van der Waals surface area contributed by atoms with E-state index in [-0.39, 0.29) is 11.5 Å². The lowest BCUT2D eigenvalue weighted by Crippen LogP contribution is -2.39. The molecule has 1 aromatic carbocycles. The molecule has 1 fully saturated rings. The van der Waals surface area contributed by atoms with E-state index >= 15 is 0 Å². The SMILES string of the molecule is Cc1csc([C@@H]2CCCN(C(=O)Cc3ccc(C(=O)O)cc3)C2)n1. The molecule has 6 heteroatoms. The van der Waals surface area contributed by atoms with Crippen LogP contribution in [-0.4, -0.2) is 40.0 Å². The molecule has 0 saturated carbocycles. The lowest BCUT2D eigenvalue weighted by atomic mass is 9.98. The van der Waals surface area contributed by atoms with Crippen LogP contribution in [0.5, 0.6) is 0 Å². The van der Waals surface area contributed by atoms with Gasteiger partial charge >= 0.3 is 5.97 Å². The Labute approximate surface area is 145 Å². The maximum absolute atomic E-state index is 12.6. The second-order valence-electron chi connectivity index (χ2n) is 6.18. The number of aromatic nitrogens is 1. The Kier molecular flexibility index (Phi) is 4.94. The molecule has 3 rings (SSSR count). The molecule has 24 heavy (non-hydrogen) atoms. The molecule has 1 aliphatic rings. The van der Waals surface area contributed by atoms with E-state index in [0.717, 1.165) is 42.2 Å². The zero-order valence-electron chi connectivity index (χ0n) is 13.6. The Morgan fingerprint density at radius 1 is 1.33 bits per heavy atom. The predicted molar refractivity (Wildman–Crippen MR) is 92.5 cm³/mol. The van der Waals surface area contributed by atoms with E-state index in [0.29, 0.717) is 12.3 Å². The predicted octanol–water partition coefficient (Wildman–Crippen LogP) is 3.10. The van der Waals surface area contributed by atoms with Crippen LogP contribution in [0.1, 0.15) is 45.4 Å². The molecule has 0 aliphatic carbocycles. The quantitative estimate of drug-likeness (QED) is 0.925. The Bertz CT molecular complexity index is 739. The summed E-state index contributed by atoms with van der Waals surface area (Å²) in [6, 6.07) is 6.52. The normalized spacial score (nSPS) is 17.7. The molecule has 1 aliphatic heterocycles. The van der Waals surface area contributed by atoms with Crippen LogP contribution in [0.15, 0.2) is 29.6 Å². The Balaban J connectivity index is 1.63. The van der Waals surface area contributed by atoms with Gasteiger partial charge in [-0.2, -0.15) is 0 Å². The van der Waals surface area contributed by atoms with E-state index < -0.39 is 5.97 Å². The molecular weight excluding hydrogens is 324 g/mol. The minimum Gasteiger partial charge on any atom is -0.478 e. The summed E-state index contributed by atoms with van der Waals surface area (Å²) in [5.74, 6) is -0.530. The van der Waals surface area contributed by atoms with Crippen molar-refractivity contribution in [2.45, 2.75) is 32.1 Å². The smallest absolute Gasteiger partial charge is 0.335 e. The van der Waals surface area contributed by atoms with Gasteiger partial charge in [-0.3, -0.25) is 4.79 Å². The molecule has 1 N–H and O–H groups in total. The number of thiazole rings is 1. The molecule has 0 spiro atoms.